The summed E-state index contributed by atoms with van der Waals surface area (Å²) in [5.41, 5.74) is 6.10. The smallest absolute Gasteiger partial charge is 0.268 e. The van der Waals surface area contributed by atoms with Crippen LogP contribution in [-0.2, 0) is 0 Å². The van der Waals surface area contributed by atoms with Crippen LogP contribution in [0.1, 0.15) is 30.3 Å². The lowest BCUT2D eigenvalue weighted by Crippen LogP contribution is -2.53. The summed E-state index contributed by atoms with van der Waals surface area (Å²) in [5.74, 6) is 0.471. The fraction of sp³-hybridized carbons (Fsp3) is 0.545. The summed E-state index contributed by atoms with van der Waals surface area (Å²) in [6.07, 6.45) is 4.14. The SMILES string of the molecule is CC(CN)(NC(=O)c1cc(I)c[nH]1)C1CC1.Cl. The molecular weight excluding hydrogens is 352 g/mol. The van der Waals surface area contributed by atoms with Crippen LogP contribution in [0.2, 0.25) is 0 Å². The standard InChI is InChI=1S/C11H16IN3O.ClH/c1-11(6-13,7-2-3-7)15-10(16)9-4-8(12)5-14-9;/h4-5,7,14H,2-3,6,13H2,1H3,(H,15,16);1H. The number of aromatic nitrogens is 1. The highest BCUT2D eigenvalue weighted by Crippen LogP contribution is 2.39. The number of H-pyrrole nitrogens is 1. The van der Waals surface area contributed by atoms with Crippen molar-refractivity contribution in [2.75, 3.05) is 6.54 Å². The van der Waals surface area contributed by atoms with E-state index in [9.17, 15) is 4.79 Å². The predicted molar refractivity (Wildman–Crippen MR) is 78.4 cm³/mol. The molecule has 0 aromatic carbocycles. The molecule has 0 radical (unpaired) electrons. The van der Waals surface area contributed by atoms with Crippen molar-refractivity contribution in [2.24, 2.45) is 11.7 Å². The maximum atomic E-state index is 12.0. The van der Waals surface area contributed by atoms with Gasteiger partial charge < -0.3 is 16.0 Å². The number of hydrogen-bond donors (Lipinski definition) is 3. The number of rotatable bonds is 4. The van der Waals surface area contributed by atoms with Gasteiger partial charge in [0.2, 0.25) is 0 Å². The van der Waals surface area contributed by atoms with Gasteiger partial charge in [-0.15, -0.1) is 12.4 Å². The van der Waals surface area contributed by atoms with Gasteiger partial charge >= 0.3 is 0 Å². The van der Waals surface area contributed by atoms with E-state index in [2.05, 4.69) is 32.9 Å². The van der Waals surface area contributed by atoms with Crippen molar-refractivity contribution in [3.8, 4) is 0 Å². The lowest BCUT2D eigenvalue weighted by Gasteiger charge is -2.29. The Morgan fingerprint density at radius 2 is 2.35 bits per heavy atom. The van der Waals surface area contributed by atoms with Crippen LogP contribution in [0.3, 0.4) is 0 Å². The van der Waals surface area contributed by atoms with Crippen molar-refractivity contribution in [3.05, 3.63) is 21.5 Å². The number of carbonyl (C=O) groups excluding carboxylic acids is 1. The van der Waals surface area contributed by atoms with Crippen LogP contribution in [0, 0.1) is 9.49 Å². The molecule has 4 N–H and O–H groups in total. The molecule has 0 saturated heterocycles. The first kappa shape index (κ1) is 14.8. The summed E-state index contributed by atoms with van der Waals surface area (Å²) >= 11 is 2.17. The van der Waals surface area contributed by atoms with Crippen LogP contribution in [-0.4, -0.2) is 23.0 Å². The van der Waals surface area contributed by atoms with Crippen LogP contribution in [0.15, 0.2) is 12.3 Å². The second-order valence-corrected chi connectivity index (χ2v) is 5.83. The Labute approximate surface area is 121 Å². The Morgan fingerprint density at radius 3 is 2.76 bits per heavy atom. The zero-order valence-corrected chi connectivity index (χ0v) is 12.6. The topological polar surface area (TPSA) is 70.9 Å². The molecule has 0 bridgehead atoms. The van der Waals surface area contributed by atoms with E-state index in [1.807, 2.05) is 19.2 Å². The van der Waals surface area contributed by atoms with Gasteiger partial charge in [-0.25, -0.2) is 0 Å². The quantitative estimate of drug-likeness (QED) is 0.709. The molecule has 1 fully saturated rings. The van der Waals surface area contributed by atoms with E-state index >= 15 is 0 Å². The van der Waals surface area contributed by atoms with Gasteiger partial charge in [-0.3, -0.25) is 4.79 Å². The molecule has 1 aliphatic carbocycles. The summed E-state index contributed by atoms with van der Waals surface area (Å²) in [4.78, 5) is 14.9. The molecule has 1 aromatic rings. The summed E-state index contributed by atoms with van der Waals surface area (Å²) in [6.45, 7) is 2.51. The van der Waals surface area contributed by atoms with Crippen LogP contribution in [0.25, 0.3) is 0 Å². The first-order chi connectivity index (χ1) is 7.55. The number of nitrogens with one attached hydrogen (secondary N) is 2. The van der Waals surface area contributed by atoms with E-state index in [-0.39, 0.29) is 23.9 Å². The highest BCUT2D eigenvalue weighted by molar-refractivity contribution is 14.1. The van der Waals surface area contributed by atoms with Gasteiger partial charge in [-0.1, -0.05) is 0 Å². The molecule has 1 atom stereocenters. The van der Waals surface area contributed by atoms with Gasteiger partial charge in [0.25, 0.3) is 5.91 Å². The lowest BCUT2D eigenvalue weighted by atomic mass is 9.96. The Kier molecular flexibility index (Phi) is 4.86. The number of amides is 1. The third-order valence-corrected chi connectivity index (χ3v) is 3.82. The number of aromatic amines is 1. The molecule has 17 heavy (non-hydrogen) atoms. The van der Waals surface area contributed by atoms with Crippen LogP contribution < -0.4 is 11.1 Å². The fourth-order valence-electron chi connectivity index (χ4n) is 1.87. The zero-order valence-electron chi connectivity index (χ0n) is 9.63. The Morgan fingerprint density at radius 1 is 1.71 bits per heavy atom. The highest BCUT2D eigenvalue weighted by atomic mass is 127. The zero-order chi connectivity index (χ0) is 11.8. The van der Waals surface area contributed by atoms with Gasteiger partial charge in [0.1, 0.15) is 5.69 Å². The maximum absolute atomic E-state index is 12.0. The molecule has 96 valence electrons. The fourth-order valence-corrected chi connectivity index (χ4v) is 2.33. The molecule has 1 saturated carbocycles. The maximum Gasteiger partial charge on any atom is 0.268 e. The van der Waals surface area contributed by atoms with Gasteiger partial charge in [0, 0.05) is 16.3 Å². The van der Waals surface area contributed by atoms with E-state index in [1.54, 1.807) is 0 Å². The van der Waals surface area contributed by atoms with Gasteiger partial charge in [0.05, 0.1) is 5.54 Å². The van der Waals surface area contributed by atoms with Crippen LogP contribution >= 0.6 is 35.0 Å². The highest BCUT2D eigenvalue weighted by Gasteiger charge is 2.41. The van der Waals surface area contributed by atoms with E-state index in [4.69, 9.17) is 5.73 Å². The minimum atomic E-state index is -0.256. The second-order valence-electron chi connectivity index (χ2n) is 4.58. The molecule has 2 rings (SSSR count). The van der Waals surface area contributed by atoms with Crippen molar-refractivity contribution in [2.45, 2.75) is 25.3 Å². The summed E-state index contributed by atoms with van der Waals surface area (Å²) in [6, 6.07) is 1.83. The van der Waals surface area contributed by atoms with Crippen LogP contribution in [0.4, 0.5) is 0 Å². The molecule has 4 nitrogen and oxygen atoms in total. The molecular formula is C11H17ClIN3O. The van der Waals surface area contributed by atoms with Crippen molar-refractivity contribution >= 4 is 40.9 Å². The van der Waals surface area contributed by atoms with E-state index < -0.39 is 0 Å². The van der Waals surface area contributed by atoms with Crippen molar-refractivity contribution in [3.63, 3.8) is 0 Å². The molecule has 1 aliphatic rings. The number of nitrogens with two attached hydrogens (primary N) is 1. The first-order valence-electron chi connectivity index (χ1n) is 5.41. The molecule has 1 heterocycles. The molecule has 1 amide bonds. The third kappa shape index (κ3) is 3.35. The molecule has 6 heteroatoms. The van der Waals surface area contributed by atoms with E-state index in [0.29, 0.717) is 18.2 Å². The second kappa shape index (κ2) is 5.58. The summed E-state index contributed by atoms with van der Waals surface area (Å²) < 4.78 is 1.03. The number of hydrogen-bond acceptors (Lipinski definition) is 2. The predicted octanol–water partition coefficient (Wildman–Crippen LogP) is 1.90. The third-order valence-electron chi connectivity index (χ3n) is 3.19. The Balaban J connectivity index is 0.00000144. The monoisotopic (exact) mass is 369 g/mol. The van der Waals surface area contributed by atoms with E-state index in [0.717, 1.165) is 16.4 Å². The molecule has 0 spiro atoms. The number of carbonyl (C=O) groups is 1. The van der Waals surface area contributed by atoms with E-state index in [1.165, 1.54) is 0 Å². The number of halogens is 2. The lowest BCUT2D eigenvalue weighted by molar-refractivity contribution is 0.0893. The largest absolute Gasteiger partial charge is 0.356 e. The van der Waals surface area contributed by atoms with Crippen molar-refractivity contribution in [1.29, 1.82) is 0 Å². The van der Waals surface area contributed by atoms with Gasteiger partial charge in [-0.2, -0.15) is 0 Å². The summed E-state index contributed by atoms with van der Waals surface area (Å²) in [5, 5.41) is 3.04. The van der Waals surface area contributed by atoms with Crippen molar-refractivity contribution in [1.82, 2.24) is 10.3 Å². The van der Waals surface area contributed by atoms with Crippen molar-refractivity contribution < 1.29 is 4.79 Å². The first-order valence-corrected chi connectivity index (χ1v) is 6.49. The Hall–Kier alpha value is -0.270. The van der Waals surface area contributed by atoms with Gasteiger partial charge in [0.15, 0.2) is 0 Å². The average molecular weight is 370 g/mol. The molecule has 1 unspecified atom stereocenters. The molecule has 0 aliphatic heterocycles. The normalized spacial score (nSPS) is 18.1. The van der Waals surface area contributed by atoms with Crippen LogP contribution in [0.5, 0.6) is 0 Å². The minimum Gasteiger partial charge on any atom is -0.356 e. The summed E-state index contributed by atoms with van der Waals surface area (Å²) in [7, 11) is 0. The average Bonchev–Trinajstić information content (AvgIpc) is 3.02. The minimum absolute atomic E-state index is 0. The van der Waals surface area contributed by atoms with Gasteiger partial charge in [-0.05, 0) is 54.3 Å². The Bertz CT molecular complexity index is 405. The molecule has 1 aromatic heterocycles.